The van der Waals surface area contributed by atoms with Crippen LogP contribution in [-0.4, -0.2) is 27.8 Å². The zero-order chi connectivity index (χ0) is 28.6. The molecule has 0 spiro atoms. The summed E-state index contributed by atoms with van der Waals surface area (Å²) in [6.45, 7) is 9.64. The molecule has 0 bridgehead atoms. The molecule has 1 aliphatic carbocycles. The van der Waals surface area contributed by atoms with Crippen molar-refractivity contribution in [3.8, 4) is 0 Å². The van der Waals surface area contributed by atoms with Crippen LogP contribution < -0.4 is 0 Å². The van der Waals surface area contributed by atoms with Crippen LogP contribution >= 0.6 is 0 Å². The number of aldehydes is 1. The van der Waals surface area contributed by atoms with E-state index < -0.39 is 33.9 Å². The van der Waals surface area contributed by atoms with E-state index in [1.165, 1.54) is 12.1 Å². The molecule has 0 aliphatic heterocycles. The third-order valence-corrected chi connectivity index (χ3v) is 8.46. The lowest BCUT2D eigenvalue weighted by atomic mass is 9.72. The van der Waals surface area contributed by atoms with Gasteiger partial charge in [-0.1, -0.05) is 49.7 Å². The average molecular weight is 545 g/mol. The minimum Gasteiger partial charge on any atom is -0.481 e. The van der Waals surface area contributed by atoms with E-state index in [-0.39, 0.29) is 6.42 Å². The lowest BCUT2D eigenvalue weighted by Gasteiger charge is -2.31. The number of carbonyl (C=O) groups excluding carboxylic acids is 1. The van der Waals surface area contributed by atoms with Crippen molar-refractivity contribution in [3.05, 3.63) is 105 Å². The highest BCUT2D eigenvalue weighted by Crippen LogP contribution is 2.50. The van der Waals surface area contributed by atoms with E-state index in [4.69, 9.17) is 0 Å². The van der Waals surface area contributed by atoms with Gasteiger partial charge in [0.15, 0.2) is 0 Å². The number of allylic oxidation sites excluding steroid dienone is 2. The Morgan fingerprint density at radius 2 is 1.69 bits per heavy atom. The molecule has 202 valence electrons. The Morgan fingerprint density at radius 3 is 2.28 bits per heavy atom. The highest BCUT2D eigenvalue weighted by molar-refractivity contribution is 7.84. The number of fused-ring (bicyclic) bond motifs is 1. The molecule has 3 aromatic rings. The first-order chi connectivity index (χ1) is 18.4. The van der Waals surface area contributed by atoms with Crippen LogP contribution in [0.3, 0.4) is 0 Å². The molecular weight excluding hydrogens is 511 g/mol. The van der Waals surface area contributed by atoms with E-state index >= 15 is 0 Å². The number of aliphatic carboxylic acids is 1. The fourth-order valence-electron chi connectivity index (χ4n) is 5.88. The van der Waals surface area contributed by atoms with E-state index in [1.807, 2.05) is 65.0 Å². The van der Waals surface area contributed by atoms with Crippen molar-refractivity contribution in [2.45, 2.75) is 57.3 Å². The van der Waals surface area contributed by atoms with Crippen LogP contribution in [0.4, 0.5) is 4.39 Å². The molecule has 0 aromatic heterocycles. The molecule has 4 rings (SSSR count). The fraction of sp³-hybridized carbons (Fsp3) is 0.273. The van der Waals surface area contributed by atoms with Crippen molar-refractivity contribution in [2.24, 2.45) is 0 Å². The summed E-state index contributed by atoms with van der Waals surface area (Å²) in [5.74, 6) is -2.55. The van der Waals surface area contributed by atoms with Gasteiger partial charge in [-0.25, -0.2) is 4.39 Å². The van der Waals surface area contributed by atoms with Crippen LogP contribution in [0.15, 0.2) is 65.1 Å². The van der Waals surface area contributed by atoms with Crippen molar-refractivity contribution in [3.63, 3.8) is 0 Å². The molecule has 2 atom stereocenters. The van der Waals surface area contributed by atoms with Gasteiger partial charge in [-0.15, -0.1) is 0 Å². The highest BCUT2D eigenvalue weighted by Gasteiger charge is 2.38. The summed E-state index contributed by atoms with van der Waals surface area (Å²) >= 11 is 0. The summed E-state index contributed by atoms with van der Waals surface area (Å²) < 4.78 is 26.5. The third-order valence-electron chi connectivity index (χ3n) is 7.52. The second kappa shape index (κ2) is 10.9. The topological polar surface area (TPSA) is 71.4 Å². The Hall–Kier alpha value is -3.64. The Kier molecular flexibility index (Phi) is 7.89. The molecule has 2 unspecified atom stereocenters. The number of rotatable bonds is 8. The summed E-state index contributed by atoms with van der Waals surface area (Å²) in [6.07, 6.45) is 4.68. The van der Waals surface area contributed by atoms with Crippen molar-refractivity contribution in [2.75, 3.05) is 6.26 Å². The minimum atomic E-state index is -1.10. The molecule has 39 heavy (non-hydrogen) atoms. The van der Waals surface area contributed by atoms with Gasteiger partial charge in [0.2, 0.25) is 0 Å². The first-order valence-electron chi connectivity index (χ1n) is 12.8. The molecule has 0 radical (unpaired) electrons. The number of carboxylic acid groups (broad SMARTS) is 1. The van der Waals surface area contributed by atoms with Crippen molar-refractivity contribution in [1.29, 1.82) is 0 Å². The van der Waals surface area contributed by atoms with Crippen molar-refractivity contribution >= 4 is 40.3 Å². The van der Waals surface area contributed by atoms with Gasteiger partial charge in [-0.2, -0.15) is 0 Å². The minimum absolute atomic E-state index is 0.239. The van der Waals surface area contributed by atoms with Crippen LogP contribution in [0.25, 0.3) is 17.2 Å². The summed E-state index contributed by atoms with van der Waals surface area (Å²) in [6, 6.07) is 15.7. The molecule has 0 amide bonds. The zero-order valence-corrected chi connectivity index (χ0v) is 23.9. The van der Waals surface area contributed by atoms with E-state index in [2.05, 4.69) is 0 Å². The van der Waals surface area contributed by atoms with Crippen LogP contribution in [0, 0.1) is 19.7 Å². The number of benzene rings is 3. The van der Waals surface area contributed by atoms with Crippen molar-refractivity contribution in [1.82, 2.24) is 0 Å². The van der Waals surface area contributed by atoms with E-state index in [0.29, 0.717) is 21.6 Å². The smallest absolute Gasteiger partial charge is 0.315 e. The molecular formula is C33H33FO4S. The quantitative estimate of drug-likeness (QED) is 0.303. The number of hydrogen-bond donors (Lipinski definition) is 1. The maximum atomic E-state index is 14.6. The monoisotopic (exact) mass is 544 g/mol. The van der Waals surface area contributed by atoms with E-state index in [9.17, 15) is 23.3 Å². The van der Waals surface area contributed by atoms with E-state index in [0.717, 1.165) is 45.2 Å². The molecule has 1 N–H and O–H groups in total. The lowest BCUT2D eigenvalue weighted by Crippen LogP contribution is -2.25. The number of hydrogen-bond acceptors (Lipinski definition) is 3. The summed E-state index contributed by atoms with van der Waals surface area (Å²) in [5.41, 5.74) is 6.97. The normalized spacial score (nSPS) is 15.8. The largest absolute Gasteiger partial charge is 0.481 e. The standard InChI is InChI=1S/C33H33FO4S/c1-19-15-20(2)31(33(4,5)13-14-35)28(16-19)30(32(36)37)29-21(3)26(25-12-9-23(34)18-27(25)29)17-22-7-10-24(11-8-22)39(6)38/h7-12,14-18,30H,13H2,1-6H3,(H,36,37)/b26-17+. The molecule has 4 nitrogen and oxygen atoms in total. The van der Waals surface area contributed by atoms with Gasteiger partial charge < -0.3 is 9.90 Å². The fourth-order valence-corrected chi connectivity index (χ4v) is 6.40. The van der Waals surface area contributed by atoms with Gasteiger partial charge >= 0.3 is 5.97 Å². The number of aryl methyl sites for hydroxylation is 2. The van der Waals surface area contributed by atoms with Gasteiger partial charge in [0.25, 0.3) is 0 Å². The molecule has 3 aromatic carbocycles. The number of carboxylic acids is 1. The first-order valence-corrected chi connectivity index (χ1v) is 14.4. The van der Waals surface area contributed by atoms with Gasteiger partial charge in [-0.3, -0.25) is 9.00 Å². The summed E-state index contributed by atoms with van der Waals surface area (Å²) in [5, 5.41) is 10.7. The third kappa shape index (κ3) is 5.44. The molecule has 0 fully saturated rings. The Balaban J connectivity index is 2.01. The Morgan fingerprint density at radius 1 is 1.03 bits per heavy atom. The molecule has 6 heteroatoms. The number of halogens is 1. The van der Waals surface area contributed by atoms with Gasteiger partial charge in [0.1, 0.15) is 18.0 Å². The first kappa shape index (κ1) is 28.4. The summed E-state index contributed by atoms with van der Waals surface area (Å²) in [7, 11) is -1.10. The predicted octanol–water partition coefficient (Wildman–Crippen LogP) is 7.24. The molecule has 0 heterocycles. The summed E-state index contributed by atoms with van der Waals surface area (Å²) in [4.78, 5) is 25.4. The maximum Gasteiger partial charge on any atom is 0.315 e. The highest BCUT2D eigenvalue weighted by atomic mass is 32.2. The lowest BCUT2D eigenvalue weighted by molar-refractivity contribution is -0.137. The predicted molar refractivity (Wildman–Crippen MR) is 156 cm³/mol. The van der Waals surface area contributed by atoms with Crippen LogP contribution in [-0.2, 0) is 25.8 Å². The Labute approximate surface area is 231 Å². The van der Waals surface area contributed by atoms with Gasteiger partial charge in [0, 0.05) is 28.4 Å². The van der Waals surface area contributed by atoms with E-state index in [1.54, 1.807) is 24.5 Å². The Bertz CT molecular complexity index is 1560. The number of carbonyl (C=O) groups is 2. The molecule has 0 saturated carbocycles. The zero-order valence-electron chi connectivity index (χ0n) is 23.1. The van der Waals surface area contributed by atoms with Crippen LogP contribution in [0.2, 0.25) is 0 Å². The van der Waals surface area contributed by atoms with Gasteiger partial charge in [0.05, 0.1) is 0 Å². The van der Waals surface area contributed by atoms with Crippen LogP contribution in [0.5, 0.6) is 0 Å². The second-order valence-electron chi connectivity index (χ2n) is 10.9. The molecule has 1 aliphatic rings. The van der Waals surface area contributed by atoms with Gasteiger partial charge in [-0.05, 0) is 107 Å². The van der Waals surface area contributed by atoms with Crippen LogP contribution in [0.1, 0.15) is 72.1 Å². The maximum absolute atomic E-state index is 14.6. The SMILES string of the molecule is CC1=C(C(C(=O)O)c2cc(C)cc(C)c2C(C)(C)CC=O)c2cc(F)ccc2/C1=C/c1ccc(S(C)=O)cc1. The second-order valence-corrected chi connectivity index (χ2v) is 12.3. The molecule has 0 saturated heterocycles. The van der Waals surface area contributed by atoms with Crippen molar-refractivity contribution < 1.29 is 23.3 Å². The average Bonchev–Trinajstić information content (AvgIpc) is 3.09.